The Morgan fingerprint density at radius 3 is 2.76 bits per heavy atom. The second-order valence-corrected chi connectivity index (χ2v) is 10.9. The van der Waals surface area contributed by atoms with E-state index in [1.54, 1.807) is 12.0 Å². The van der Waals surface area contributed by atoms with Crippen LogP contribution in [0.25, 0.3) is 0 Å². The molecule has 0 aromatic heterocycles. The minimum absolute atomic E-state index is 0.0577. The largest absolute Gasteiger partial charge is 0.385 e. The Labute approximate surface area is 221 Å². The van der Waals surface area contributed by atoms with Gasteiger partial charge in [0.05, 0.1) is 17.2 Å². The number of unbranched alkanes of at least 4 members (excludes halogenated alkanes) is 1. The summed E-state index contributed by atoms with van der Waals surface area (Å²) in [4.78, 5) is 15.2. The summed E-state index contributed by atoms with van der Waals surface area (Å²) >= 11 is 0. The average molecular weight is 517 g/mol. The van der Waals surface area contributed by atoms with E-state index in [9.17, 15) is 19.6 Å². The summed E-state index contributed by atoms with van der Waals surface area (Å²) in [5.74, 6) is -0.132. The normalized spacial score (nSPS) is 21.2. The fourth-order valence-corrected chi connectivity index (χ4v) is 6.25. The van der Waals surface area contributed by atoms with Crippen molar-refractivity contribution >= 4 is 6.03 Å². The predicted octanol–water partition coefficient (Wildman–Crippen LogP) is 4.68. The topological polar surface area (TPSA) is 97.6 Å². The summed E-state index contributed by atoms with van der Waals surface area (Å²) in [6.45, 7) is 2.27. The number of nitrogens with zero attached hydrogens (tertiary/aromatic N) is 2. The molecule has 1 heterocycles. The Balaban J connectivity index is 1.75. The SMILES string of the molecule is CNCC(CC1CCCCC1)NC(=O)N1CCC[C@@H]([C@@](O)(CCCCOC)c2cc(F)ccc2C#N)C1. The molecule has 2 aliphatic rings. The summed E-state index contributed by atoms with van der Waals surface area (Å²) in [6.07, 6.45) is 10.5. The lowest BCUT2D eigenvalue weighted by molar-refractivity contribution is -0.0567. The molecule has 3 rings (SSSR count). The van der Waals surface area contributed by atoms with E-state index < -0.39 is 11.4 Å². The van der Waals surface area contributed by atoms with Crippen LogP contribution in [0.4, 0.5) is 9.18 Å². The maximum atomic E-state index is 14.3. The highest BCUT2D eigenvalue weighted by Crippen LogP contribution is 2.41. The first kappa shape index (κ1) is 29.3. The van der Waals surface area contributed by atoms with Gasteiger partial charge in [0.1, 0.15) is 5.82 Å². The van der Waals surface area contributed by atoms with Gasteiger partial charge in [0.15, 0.2) is 0 Å². The van der Waals surface area contributed by atoms with Gasteiger partial charge in [0, 0.05) is 50.9 Å². The number of nitriles is 1. The Hall–Kier alpha value is -2.21. The molecule has 2 amide bonds. The number of carbonyl (C=O) groups is 1. The van der Waals surface area contributed by atoms with Gasteiger partial charge >= 0.3 is 6.03 Å². The number of hydrogen-bond acceptors (Lipinski definition) is 5. The number of methoxy groups -OCH3 is 1. The van der Waals surface area contributed by atoms with Crippen molar-refractivity contribution in [3.05, 3.63) is 35.1 Å². The monoisotopic (exact) mass is 516 g/mol. The second-order valence-electron chi connectivity index (χ2n) is 10.9. The van der Waals surface area contributed by atoms with E-state index in [4.69, 9.17) is 4.74 Å². The number of rotatable bonds is 12. The molecule has 1 saturated heterocycles. The van der Waals surface area contributed by atoms with Crippen molar-refractivity contribution in [2.24, 2.45) is 11.8 Å². The molecular weight excluding hydrogens is 471 g/mol. The van der Waals surface area contributed by atoms with Gasteiger partial charge in [-0.3, -0.25) is 0 Å². The van der Waals surface area contributed by atoms with Gasteiger partial charge in [-0.1, -0.05) is 32.1 Å². The van der Waals surface area contributed by atoms with Crippen molar-refractivity contribution in [1.82, 2.24) is 15.5 Å². The number of carbonyl (C=O) groups excluding carboxylic acids is 1. The van der Waals surface area contributed by atoms with Crippen LogP contribution >= 0.6 is 0 Å². The molecule has 1 unspecified atom stereocenters. The van der Waals surface area contributed by atoms with Gasteiger partial charge in [-0.2, -0.15) is 5.26 Å². The van der Waals surface area contributed by atoms with Gasteiger partial charge in [-0.25, -0.2) is 9.18 Å². The molecule has 0 spiro atoms. The number of likely N-dealkylation sites (tertiary alicyclic amines) is 1. The fourth-order valence-electron chi connectivity index (χ4n) is 6.25. The first-order chi connectivity index (χ1) is 17.9. The maximum Gasteiger partial charge on any atom is 0.317 e. The van der Waals surface area contributed by atoms with Crippen LogP contribution in [0.3, 0.4) is 0 Å². The molecule has 1 aliphatic carbocycles. The zero-order valence-electron chi connectivity index (χ0n) is 22.6. The molecule has 3 N–H and O–H groups in total. The number of hydrogen-bond donors (Lipinski definition) is 3. The smallest absolute Gasteiger partial charge is 0.317 e. The van der Waals surface area contributed by atoms with E-state index in [0.29, 0.717) is 50.4 Å². The van der Waals surface area contributed by atoms with Crippen molar-refractivity contribution in [1.29, 1.82) is 5.26 Å². The number of likely N-dealkylation sites (N-methyl/N-ethyl adjacent to an activating group) is 1. The zero-order chi connectivity index (χ0) is 26.7. The van der Waals surface area contributed by atoms with Crippen molar-refractivity contribution in [3.8, 4) is 6.07 Å². The zero-order valence-corrected chi connectivity index (χ0v) is 22.6. The number of halogens is 1. The molecular formula is C29H45FN4O3. The number of ether oxygens (including phenoxy) is 1. The molecule has 37 heavy (non-hydrogen) atoms. The highest BCUT2D eigenvalue weighted by Gasteiger charge is 2.43. The lowest BCUT2D eigenvalue weighted by atomic mass is 9.73. The van der Waals surface area contributed by atoms with Crippen LogP contribution in [0.2, 0.25) is 0 Å². The van der Waals surface area contributed by atoms with Gasteiger partial charge in [0.2, 0.25) is 0 Å². The molecule has 1 aliphatic heterocycles. The van der Waals surface area contributed by atoms with E-state index in [1.165, 1.54) is 50.3 Å². The van der Waals surface area contributed by atoms with Gasteiger partial charge < -0.3 is 25.4 Å². The third-order valence-corrected chi connectivity index (χ3v) is 8.23. The van der Waals surface area contributed by atoms with Crippen LogP contribution < -0.4 is 10.6 Å². The van der Waals surface area contributed by atoms with Crippen molar-refractivity contribution in [2.45, 2.75) is 82.3 Å². The van der Waals surface area contributed by atoms with E-state index in [0.717, 1.165) is 25.8 Å². The Kier molecular flexibility index (Phi) is 11.6. The van der Waals surface area contributed by atoms with Crippen molar-refractivity contribution in [2.75, 3.05) is 40.4 Å². The Morgan fingerprint density at radius 1 is 1.27 bits per heavy atom. The molecule has 0 bridgehead atoms. The van der Waals surface area contributed by atoms with Crippen LogP contribution in [0.15, 0.2) is 18.2 Å². The third-order valence-electron chi connectivity index (χ3n) is 8.23. The lowest BCUT2D eigenvalue weighted by Gasteiger charge is -2.43. The van der Waals surface area contributed by atoms with Crippen LogP contribution in [-0.2, 0) is 10.3 Å². The van der Waals surface area contributed by atoms with Gasteiger partial charge in [-0.15, -0.1) is 0 Å². The Morgan fingerprint density at radius 2 is 2.05 bits per heavy atom. The number of benzene rings is 1. The minimum Gasteiger partial charge on any atom is -0.385 e. The van der Waals surface area contributed by atoms with Crippen LogP contribution in [0.5, 0.6) is 0 Å². The van der Waals surface area contributed by atoms with Crippen LogP contribution in [-0.4, -0.2) is 62.5 Å². The van der Waals surface area contributed by atoms with E-state index in [-0.39, 0.29) is 23.6 Å². The highest BCUT2D eigenvalue weighted by atomic mass is 19.1. The summed E-state index contributed by atoms with van der Waals surface area (Å²) in [5, 5.41) is 28.3. The molecule has 1 saturated carbocycles. The first-order valence-electron chi connectivity index (χ1n) is 14.0. The van der Waals surface area contributed by atoms with Crippen molar-refractivity contribution in [3.63, 3.8) is 0 Å². The van der Waals surface area contributed by atoms with E-state index >= 15 is 0 Å². The molecule has 2 fully saturated rings. The predicted molar refractivity (Wildman–Crippen MR) is 142 cm³/mol. The summed E-state index contributed by atoms with van der Waals surface area (Å²) in [5.41, 5.74) is -0.810. The molecule has 1 aromatic rings. The van der Waals surface area contributed by atoms with Crippen molar-refractivity contribution < 1.29 is 19.0 Å². The molecule has 8 heteroatoms. The van der Waals surface area contributed by atoms with Gasteiger partial charge in [0.25, 0.3) is 0 Å². The minimum atomic E-state index is -1.41. The molecule has 3 atom stereocenters. The highest BCUT2D eigenvalue weighted by molar-refractivity contribution is 5.74. The fraction of sp³-hybridized carbons (Fsp3) is 0.724. The molecule has 1 aromatic carbocycles. The molecule has 206 valence electrons. The summed E-state index contributed by atoms with van der Waals surface area (Å²) in [7, 11) is 3.55. The summed E-state index contributed by atoms with van der Waals surface area (Å²) in [6, 6.07) is 6.06. The van der Waals surface area contributed by atoms with Gasteiger partial charge in [-0.05, 0) is 69.7 Å². The van der Waals surface area contributed by atoms with E-state index in [2.05, 4.69) is 16.7 Å². The first-order valence-corrected chi connectivity index (χ1v) is 14.0. The van der Waals surface area contributed by atoms with E-state index in [1.807, 2.05) is 7.05 Å². The van der Waals surface area contributed by atoms with Crippen LogP contribution in [0, 0.1) is 29.0 Å². The van der Waals surface area contributed by atoms with Crippen LogP contribution in [0.1, 0.15) is 81.8 Å². The summed E-state index contributed by atoms with van der Waals surface area (Å²) < 4.78 is 19.5. The second kappa shape index (κ2) is 14.7. The molecule has 0 radical (unpaired) electrons. The Bertz CT molecular complexity index is 902. The number of nitrogens with one attached hydrogen (secondary N) is 2. The quantitative estimate of drug-likeness (QED) is 0.351. The number of amides is 2. The number of aliphatic hydroxyl groups is 1. The third kappa shape index (κ3) is 8.13. The average Bonchev–Trinajstić information content (AvgIpc) is 2.91. The molecule has 7 nitrogen and oxygen atoms in total. The number of urea groups is 1. The standard InChI is InChI=1S/C29H45FN4O3/c1-32-20-26(17-22-9-4-3-5-10-22)33-28(35)34-15-8-11-24(21-34)29(36,14-6-7-16-37-2)27-18-25(30)13-12-23(27)19-31/h12-13,18,22,24,26,32,36H,3-11,14-17,20-21H2,1-2H3,(H,33,35)/t24-,26?,29+/m1/s1. The maximum absolute atomic E-state index is 14.3. The number of piperidine rings is 1. The lowest BCUT2D eigenvalue weighted by Crippen LogP contribution is -2.54.